The zero-order valence-electron chi connectivity index (χ0n) is 12.9. The zero-order valence-corrected chi connectivity index (χ0v) is 13.9. The van der Waals surface area contributed by atoms with Gasteiger partial charge < -0.3 is 10.2 Å². The number of aliphatic carboxylic acids is 2. The van der Waals surface area contributed by atoms with E-state index >= 15 is 0 Å². The lowest BCUT2D eigenvalue weighted by molar-refractivity contribution is -0.135. The first kappa shape index (κ1) is 17.9. The number of carboxylic acids is 2. The van der Waals surface area contributed by atoms with E-state index in [1.165, 1.54) is 6.92 Å². The van der Waals surface area contributed by atoms with E-state index in [2.05, 4.69) is 0 Å². The molecular weight excluding hydrogens is 260 g/mol. The van der Waals surface area contributed by atoms with Gasteiger partial charge in [0.25, 0.3) is 0 Å². The minimum atomic E-state index is -2.45. The van der Waals surface area contributed by atoms with Gasteiger partial charge in [0.1, 0.15) is 8.07 Å². The average Bonchev–Trinajstić information content (AvgIpc) is 2.21. The van der Waals surface area contributed by atoms with Crippen LogP contribution in [0.5, 0.6) is 0 Å². The maximum atomic E-state index is 11.7. The van der Waals surface area contributed by atoms with Crippen LogP contribution in [0.1, 0.15) is 48.5 Å². The molecule has 5 heteroatoms. The molecule has 0 heterocycles. The maximum Gasteiger partial charge on any atom is 0.331 e. The normalized spacial score (nSPS) is 14.0. The van der Waals surface area contributed by atoms with Crippen molar-refractivity contribution in [3.63, 3.8) is 0 Å². The zero-order chi connectivity index (χ0) is 15.5. The highest BCUT2D eigenvalue weighted by Crippen LogP contribution is 2.47. The Labute approximate surface area is 116 Å². The van der Waals surface area contributed by atoms with E-state index in [9.17, 15) is 19.8 Å². The van der Waals surface area contributed by atoms with E-state index in [1.54, 1.807) is 0 Å². The topological polar surface area (TPSA) is 74.6 Å². The summed E-state index contributed by atoms with van der Waals surface area (Å²) in [6, 6.07) is 0. The van der Waals surface area contributed by atoms with Gasteiger partial charge in [-0.1, -0.05) is 41.5 Å². The second-order valence-electron chi connectivity index (χ2n) is 6.01. The van der Waals surface area contributed by atoms with E-state index in [0.717, 1.165) is 0 Å². The summed E-state index contributed by atoms with van der Waals surface area (Å²) in [4.78, 5) is 23.0. The Hall–Kier alpha value is -1.10. The summed E-state index contributed by atoms with van der Waals surface area (Å²) in [6.07, 6.45) is 0. The Morgan fingerprint density at radius 2 is 1.11 bits per heavy atom. The quantitative estimate of drug-likeness (QED) is 0.577. The molecular formula is C14H26O4Si. The summed E-state index contributed by atoms with van der Waals surface area (Å²) in [5, 5.41) is 19.0. The number of carboxylic acid groups (broad SMARTS) is 2. The molecule has 0 aromatic heterocycles. The molecule has 0 fully saturated rings. The maximum absolute atomic E-state index is 11.7. The van der Waals surface area contributed by atoms with E-state index in [1.807, 2.05) is 41.5 Å². The van der Waals surface area contributed by atoms with Gasteiger partial charge in [0.15, 0.2) is 0 Å². The number of hydrogen-bond acceptors (Lipinski definition) is 2. The number of hydrogen-bond donors (Lipinski definition) is 2. The molecule has 0 saturated carbocycles. The lowest BCUT2D eigenvalue weighted by Crippen LogP contribution is -2.50. The fourth-order valence-electron chi connectivity index (χ4n) is 3.64. The molecule has 110 valence electrons. The fraction of sp³-hybridized carbons (Fsp3) is 0.714. The molecule has 0 bridgehead atoms. The van der Waals surface area contributed by atoms with Crippen LogP contribution in [0.15, 0.2) is 10.8 Å². The van der Waals surface area contributed by atoms with Crippen molar-refractivity contribution in [1.29, 1.82) is 0 Å². The summed E-state index contributed by atoms with van der Waals surface area (Å²) in [5.41, 5.74) is 0.518. The Kier molecular flexibility index (Phi) is 6.00. The van der Waals surface area contributed by atoms with Crippen molar-refractivity contribution in [1.82, 2.24) is 0 Å². The molecule has 19 heavy (non-hydrogen) atoms. The van der Waals surface area contributed by atoms with Crippen molar-refractivity contribution in [3.8, 4) is 0 Å². The molecule has 0 aromatic carbocycles. The highest BCUT2D eigenvalue weighted by Gasteiger charge is 2.50. The smallest absolute Gasteiger partial charge is 0.331 e. The third kappa shape index (κ3) is 3.08. The van der Waals surface area contributed by atoms with Crippen LogP contribution in [0.3, 0.4) is 0 Å². The predicted molar refractivity (Wildman–Crippen MR) is 79.0 cm³/mol. The largest absolute Gasteiger partial charge is 0.478 e. The van der Waals surface area contributed by atoms with Crippen LogP contribution in [-0.2, 0) is 9.59 Å². The lowest BCUT2D eigenvalue weighted by atomic mass is 10.3. The molecule has 0 spiro atoms. The summed E-state index contributed by atoms with van der Waals surface area (Å²) in [7, 11) is -2.45. The van der Waals surface area contributed by atoms with Gasteiger partial charge in [-0.05, 0) is 23.5 Å². The van der Waals surface area contributed by atoms with Gasteiger partial charge >= 0.3 is 11.9 Å². The molecule has 0 radical (unpaired) electrons. The molecule has 0 aliphatic rings. The van der Waals surface area contributed by atoms with E-state index in [0.29, 0.717) is 0 Å². The Balaban J connectivity index is 6.47. The summed E-state index contributed by atoms with van der Waals surface area (Å²) in [6.45, 7) is 13.5. The van der Waals surface area contributed by atoms with E-state index in [-0.39, 0.29) is 27.4 Å². The summed E-state index contributed by atoms with van der Waals surface area (Å²) < 4.78 is 0. The summed E-state index contributed by atoms with van der Waals surface area (Å²) >= 11 is 0. The fourth-order valence-corrected chi connectivity index (χ4v) is 10.5. The van der Waals surface area contributed by atoms with Crippen LogP contribution in [0, 0.1) is 0 Å². The van der Waals surface area contributed by atoms with Crippen molar-refractivity contribution in [2.24, 2.45) is 0 Å². The van der Waals surface area contributed by atoms with Crippen molar-refractivity contribution < 1.29 is 19.8 Å². The number of rotatable bonds is 6. The van der Waals surface area contributed by atoms with Gasteiger partial charge in [-0.2, -0.15) is 0 Å². The van der Waals surface area contributed by atoms with Gasteiger partial charge in [0.05, 0.1) is 0 Å². The van der Waals surface area contributed by atoms with Crippen LogP contribution in [-0.4, -0.2) is 30.2 Å². The third-order valence-corrected chi connectivity index (χ3v) is 11.4. The molecule has 0 rings (SSSR count). The SMILES string of the molecule is C/C(C(=O)O)=C(\C(=O)O)[Si](C(C)C)(C(C)C)C(C)C. The predicted octanol–water partition coefficient (Wildman–Crippen LogP) is 3.69. The van der Waals surface area contributed by atoms with Gasteiger partial charge in [0, 0.05) is 10.8 Å². The van der Waals surface area contributed by atoms with Crippen LogP contribution >= 0.6 is 0 Å². The lowest BCUT2D eigenvalue weighted by Gasteiger charge is -2.44. The van der Waals surface area contributed by atoms with Gasteiger partial charge in [-0.15, -0.1) is 0 Å². The molecule has 0 unspecified atom stereocenters. The second kappa shape index (κ2) is 6.37. The van der Waals surface area contributed by atoms with E-state index in [4.69, 9.17) is 0 Å². The van der Waals surface area contributed by atoms with E-state index < -0.39 is 20.0 Å². The Bertz CT molecular complexity index is 372. The highest BCUT2D eigenvalue weighted by atomic mass is 28.3. The Morgan fingerprint density at radius 1 is 0.789 bits per heavy atom. The molecule has 0 saturated heterocycles. The standard InChI is InChI=1S/C14H26O4Si/c1-8(2)19(9(3)4,10(5)6)12(14(17)18)11(7)13(15)16/h8-10H,1-7H3,(H,15,16)(H,17,18)/b12-11-. The molecule has 0 atom stereocenters. The van der Waals surface area contributed by atoms with Crippen LogP contribution in [0.4, 0.5) is 0 Å². The Morgan fingerprint density at radius 3 is 1.26 bits per heavy atom. The first-order valence-electron chi connectivity index (χ1n) is 6.69. The first-order valence-corrected chi connectivity index (χ1v) is 8.92. The van der Waals surface area contributed by atoms with Crippen molar-refractivity contribution >= 4 is 20.0 Å². The minimum absolute atomic E-state index is 0.00438. The highest BCUT2D eigenvalue weighted by molar-refractivity contribution is 6.93. The van der Waals surface area contributed by atoms with Crippen LogP contribution in [0.2, 0.25) is 16.6 Å². The average molecular weight is 286 g/mol. The van der Waals surface area contributed by atoms with Crippen LogP contribution < -0.4 is 0 Å². The third-order valence-electron chi connectivity index (χ3n) is 4.21. The molecule has 4 nitrogen and oxygen atoms in total. The van der Waals surface area contributed by atoms with Gasteiger partial charge in [0.2, 0.25) is 0 Å². The van der Waals surface area contributed by atoms with Crippen molar-refractivity contribution in [2.45, 2.75) is 65.1 Å². The molecule has 0 aliphatic carbocycles. The number of carbonyl (C=O) groups is 2. The van der Waals surface area contributed by atoms with Crippen LogP contribution in [0.25, 0.3) is 0 Å². The summed E-state index contributed by atoms with van der Waals surface area (Å²) in [5.74, 6) is -2.20. The van der Waals surface area contributed by atoms with Crippen molar-refractivity contribution in [3.05, 3.63) is 10.8 Å². The second-order valence-corrected chi connectivity index (χ2v) is 11.8. The van der Waals surface area contributed by atoms with Gasteiger partial charge in [-0.25, -0.2) is 9.59 Å². The monoisotopic (exact) mass is 286 g/mol. The molecule has 2 N–H and O–H groups in total. The molecule has 0 amide bonds. The molecule has 0 aromatic rings. The minimum Gasteiger partial charge on any atom is -0.478 e. The van der Waals surface area contributed by atoms with Gasteiger partial charge in [-0.3, -0.25) is 0 Å². The van der Waals surface area contributed by atoms with Crippen molar-refractivity contribution in [2.75, 3.05) is 0 Å². The molecule has 0 aliphatic heterocycles. The first-order chi connectivity index (χ1) is 8.51.